The predicted molar refractivity (Wildman–Crippen MR) is 93.4 cm³/mol. The Balaban J connectivity index is 2.31. The van der Waals surface area contributed by atoms with Gasteiger partial charge in [-0.15, -0.1) is 0 Å². The van der Waals surface area contributed by atoms with Crippen LogP contribution in [0.4, 0.5) is 14.6 Å². The Hall–Kier alpha value is -2.09. The van der Waals surface area contributed by atoms with Crippen LogP contribution in [0.25, 0.3) is 0 Å². The molecule has 1 aromatic rings. The van der Waals surface area contributed by atoms with Gasteiger partial charge in [0, 0.05) is 19.9 Å². The summed E-state index contributed by atoms with van der Waals surface area (Å²) in [6, 6.07) is 1.47. The zero-order valence-electron chi connectivity index (χ0n) is 15.3. The van der Waals surface area contributed by atoms with E-state index in [2.05, 4.69) is 10.3 Å². The Labute approximate surface area is 151 Å². The Bertz CT molecular complexity index is 676. The number of hydrogen-bond donors (Lipinski definition) is 2. The minimum Gasteiger partial charge on any atom is -0.394 e. The van der Waals surface area contributed by atoms with E-state index in [1.54, 1.807) is 11.0 Å². The fourth-order valence-corrected chi connectivity index (χ4v) is 3.21. The highest BCUT2D eigenvalue weighted by Crippen LogP contribution is 2.31. The summed E-state index contributed by atoms with van der Waals surface area (Å²) in [5.41, 5.74) is 0.790. The molecule has 26 heavy (non-hydrogen) atoms. The Morgan fingerprint density at radius 2 is 2.15 bits per heavy atom. The molecule has 0 aliphatic carbocycles. The first kappa shape index (κ1) is 20.2. The van der Waals surface area contributed by atoms with Gasteiger partial charge in [0.1, 0.15) is 17.6 Å². The van der Waals surface area contributed by atoms with E-state index in [9.17, 15) is 18.4 Å². The number of aryl methyl sites for hydroxylation is 1. The molecule has 0 fully saturated rings. The van der Waals surface area contributed by atoms with Gasteiger partial charge in [-0.25, -0.2) is 13.8 Å². The van der Waals surface area contributed by atoms with Crippen molar-refractivity contribution in [1.82, 2.24) is 10.3 Å². The number of alkyl halides is 2. The molecular weight excluding hydrogens is 344 g/mol. The summed E-state index contributed by atoms with van der Waals surface area (Å²) in [6.45, 7) is 3.22. The number of carbonyl (C=O) groups is 2. The van der Waals surface area contributed by atoms with E-state index < -0.39 is 24.5 Å². The van der Waals surface area contributed by atoms with Gasteiger partial charge < -0.3 is 10.4 Å². The molecule has 0 spiro atoms. The van der Waals surface area contributed by atoms with Crippen LogP contribution in [0.3, 0.4) is 0 Å². The van der Waals surface area contributed by atoms with Crippen LogP contribution in [0.15, 0.2) is 12.1 Å². The van der Waals surface area contributed by atoms with Gasteiger partial charge in [-0.3, -0.25) is 14.5 Å². The van der Waals surface area contributed by atoms with Crippen molar-refractivity contribution in [3.63, 3.8) is 0 Å². The number of anilines is 1. The fourth-order valence-electron chi connectivity index (χ4n) is 3.21. The van der Waals surface area contributed by atoms with Crippen molar-refractivity contribution in [2.24, 2.45) is 0 Å². The number of aliphatic hydroxyl groups excluding tert-OH is 1. The maximum atomic E-state index is 13.4. The first-order valence-electron chi connectivity index (χ1n) is 8.78. The van der Waals surface area contributed by atoms with Crippen molar-refractivity contribution < 1.29 is 23.5 Å². The van der Waals surface area contributed by atoms with Gasteiger partial charge in [-0.05, 0) is 30.9 Å². The van der Waals surface area contributed by atoms with Gasteiger partial charge >= 0.3 is 0 Å². The SMILES string of the molecule is CCCC1CCc2ccc(C(=O)N[C@H](CO)C(C)(F)F)nc2N1C(C)=O. The molecule has 2 amide bonds. The van der Waals surface area contributed by atoms with Crippen LogP contribution in [-0.4, -0.2) is 46.5 Å². The summed E-state index contributed by atoms with van der Waals surface area (Å²) in [4.78, 5) is 30.3. The van der Waals surface area contributed by atoms with Gasteiger partial charge in [0.2, 0.25) is 5.91 Å². The number of aromatic nitrogens is 1. The third kappa shape index (κ3) is 4.35. The number of aliphatic hydroxyl groups is 1. The summed E-state index contributed by atoms with van der Waals surface area (Å²) in [5, 5.41) is 11.2. The van der Waals surface area contributed by atoms with Crippen LogP contribution in [0.1, 0.15) is 56.1 Å². The van der Waals surface area contributed by atoms with Gasteiger partial charge in [0.25, 0.3) is 11.8 Å². The molecule has 1 aliphatic rings. The molecule has 0 radical (unpaired) electrons. The van der Waals surface area contributed by atoms with Crippen LogP contribution in [-0.2, 0) is 11.2 Å². The molecular formula is C18H25F2N3O3. The van der Waals surface area contributed by atoms with Gasteiger partial charge in [-0.1, -0.05) is 19.4 Å². The Kier molecular flexibility index (Phi) is 6.28. The monoisotopic (exact) mass is 369 g/mol. The van der Waals surface area contributed by atoms with Crippen LogP contribution in [0.5, 0.6) is 0 Å². The Morgan fingerprint density at radius 1 is 1.46 bits per heavy atom. The zero-order valence-corrected chi connectivity index (χ0v) is 15.3. The fraction of sp³-hybridized carbons (Fsp3) is 0.611. The van der Waals surface area contributed by atoms with E-state index in [4.69, 9.17) is 5.11 Å². The highest BCUT2D eigenvalue weighted by molar-refractivity contribution is 5.96. The molecule has 2 N–H and O–H groups in total. The molecule has 0 aromatic carbocycles. The van der Waals surface area contributed by atoms with E-state index in [0.717, 1.165) is 31.2 Å². The van der Waals surface area contributed by atoms with E-state index in [-0.39, 0.29) is 17.6 Å². The second kappa shape index (κ2) is 8.07. The van der Waals surface area contributed by atoms with E-state index in [1.165, 1.54) is 13.0 Å². The minimum absolute atomic E-state index is 0.0148. The highest BCUT2D eigenvalue weighted by Gasteiger charge is 2.36. The summed E-state index contributed by atoms with van der Waals surface area (Å²) in [7, 11) is 0. The topological polar surface area (TPSA) is 82.5 Å². The van der Waals surface area contributed by atoms with Crippen LogP contribution < -0.4 is 10.2 Å². The molecule has 0 saturated heterocycles. The average molecular weight is 369 g/mol. The van der Waals surface area contributed by atoms with Crippen molar-refractivity contribution in [1.29, 1.82) is 0 Å². The van der Waals surface area contributed by atoms with Crippen molar-refractivity contribution >= 4 is 17.6 Å². The standard InChI is InChI=1S/C18H25F2N3O3/c1-4-5-13-8-6-12-7-9-14(21-16(12)23(13)11(2)25)17(26)22-15(10-24)18(3,19)20/h7,9,13,15,24H,4-6,8,10H2,1-3H3,(H,22,26)/t13?,15-/m1/s1. The number of amides is 2. The molecule has 2 rings (SSSR count). The number of carbonyl (C=O) groups excluding carboxylic acids is 2. The lowest BCUT2D eigenvalue weighted by Crippen LogP contribution is -2.49. The number of nitrogens with zero attached hydrogens (tertiary/aromatic N) is 2. The molecule has 1 unspecified atom stereocenters. The molecule has 144 valence electrons. The van der Waals surface area contributed by atoms with Crippen LogP contribution >= 0.6 is 0 Å². The van der Waals surface area contributed by atoms with Crippen molar-refractivity contribution in [2.45, 2.75) is 64.5 Å². The largest absolute Gasteiger partial charge is 0.394 e. The van der Waals surface area contributed by atoms with Crippen LogP contribution in [0, 0.1) is 0 Å². The summed E-state index contributed by atoms with van der Waals surface area (Å²) < 4.78 is 26.8. The number of pyridine rings is 1. The zero-order chi connectivity index (χ0) is 19.5. The van der Waals surface area contributed by atoms with Gasteiger partial charge in [0.15, 0.2) is 0 Å². The molecule has 1 aromatic heterocycles. The quantitative estimate of drug-likeness (QED) is 0.806. The number of hydrogen-bond acceptors (Lipinski definition) is 4. The Morgan fingerprint density at radius 3 is 2.69 bits per heavy atom. The normalized spacial score (nSPS) is 18.2. The lowest BCUT2D eigenvalue weighted by atomic mass is 9.95. The first-order valence-corrected chi connectivity index (χ1v) is 8.78. The third-order valence-corrected chi connectivity index (χ3v) is 4.59. The third-order valence-electron chi connectivity index (χ3n) is 4.59. The van der Waals surface area contributed by atoms with E-state index >= 15 is 0 Å². The minimum atomic E-state index is -3.27. The molecule has 6 nitrogen and oxygen atoms in total. The molecule has 0 saturated carbocycles. The number of nitrogens with one attached hydrogen (secondary N) is 1. The molecule has 8 heteroatoms. The molecule has 2 heterocycles. The summed E-state index contributed by atoms with van der Waals surface area (Å²) in [6.07, 6.45) is 3.30. The number of fused-ring (bicyclic) bond motifs is 1. The summed E-state index contributed by atoms with van der Waals surface area (Å²) in [5.74, 6) is -3.83. The van der Waals surface area contributed by atoms with E-state index in [0.29, 0.717) is 12.7 Å². The average Bonchev–Trinajstić information content (AvgIpc) is 2.57. The second-order valence-electron chi connectivity index (χ2n) is 6.71. The van der Waals surface area contributed by atoms with E-state index in [1.807, 2.05) is 6.92 Å². The maximum absolute atomic E-state index is 13.4. The van der Waals surface area contributed by atoms with Crippen LogP contribution in [0.2, 0.25) is 0 Å². The first-order chi connectivity index (χ1) is 12.2. The molecule has 2 atom stereocenters. The second-order valence-corrected chi connectivity index (χ2v) is 6.71. The van der Waals surface area contributed by atoms with Crippen molar-refractivity contribution in [2.75, 3.05) is 11.5 Å². The molecule has 0 bridgehead atoms. The number of rotatable bonds is 6. The summed E-state index contributed by atoms with van der Waals surface area (Å²) >= 11 is 0. The predicted octanol–water partition coefficient (Wildman–Crippen LogP) is 2.30. The lowest BCUT2D eigenvalue weighted by molar-refractivity contribution is -0.117. The highest BCUT2D eigenvalue weighted by atomic mass is 19.3. The number of halogens is 2. The molecule has 1 aliphatic heterocycles. The van der Waals surface area contributed by atoms with Crippen molar-refractivity contribution in [3.05, 3.63) is 23.4 Å². The lowest BCUT2D eigenvalue weighted by Gasteiger charge is -2.35. The van der Waals surface area contributed by atoms with Gasteiger partial charge in [0.05, 0.1) is 6.61 Å². The van der Waals surface area contributed by atoms with Gasteiger partial charge in [-0.2, -0.15) is 0 Å². The smallest absolute Gasteiger partial charge is 0.270 e. The van der Waals surface area contributed by atoms with Crippen molar-refractivity contribution in [3.8, 4) is 0 Å². The maximum Gasteiger partial charge on any atom is 0.270 e.